The van der Waals surface area contributed by atoms with Crippen molar-refractivity contribution in [1.82, 2.24) is 4.90 Å². The van der Waals surface area contributed by atoms with Crippen LogP contribution in [0.25, 0.3) is 0 Å². The minimum atomic E-state index is -0.537. The first-order valence-corrected chi connectivity index (χ1v) is 7.06. The zero-order valence-electron chi connectivity index (χ0n) is 8.65. The highest BCUT2D eigenvalue weighted by atomic mass is 32.2. The van der Waals surface area contributed by atoms with Gasteiger partial charge in [0.1, 0.15) is 0 Å². The average molecular weight is 216 g/mol. The van der Waals surface area contributed by atoms with Crippen LogP contribution < -0.4 is 5.73 Å². The van der Waals surface area contributed by atoms with Crippen molar-refractivity contribution in [3.05, 3.63) is 0 Å². The molecular weight excluding hydrogens is 196 g/mol. The fraction of sp³-hybridized carbons (Fsp3) is 1.00. The molecule has 2 fully saturated rings. The molecule has 1 aliphatic heterocycles. The molecular formula is C10H20N2OS. The van der Waals surface area contributed by atoms with E-state index >= 15 is 0 Å². The second-order valence-electron chi connectivity index (χ2n) is 4.59. The Hall–Kier alpha value is 0.0700. The molecule has 2 rings (SSSR count). The Bertz CT molecular complexity index is 212. The third-order valence-corrected chi connectivity index (χ3v) is 4.64. The molecule has 0 radical (unpaired) electrons. The predicted molar refractivity (Wildman–Crippen MR) is 59.6 cm³/mol. The van der Waals surface area contributed by atoms with Crippen LogP contribution in [0.1, 0.15) is 19.3 Å². The lowest BCUT2D eigenvalue weighted by molar-refractivity contribution is 0.250. The molecule has 1 saturated carbocycles. The third kappa shape index (κ3) is 2.78. The maximum Gasteiger partial charge on any atom is 0.0363 e. The first kappa shape index (κ1) is 10.6. The minimum absolute atomic E-state index is 0.443. The largest absolute Gasteiger partial charge is 0.328 e. The van der Waals surface area contributed by atoms with Crippen molar-refractivity contribution in [2.24, 2.45) is 11.7 Å². The number of hydrogen-bond donors (Lipinski definition) is 1. The minimum Gasteiger partial charge on any atom is -0.328 e. The molecule has 0 spiro atoms. The highest BCUT2D eigenvalue weighted by Crippen LogP contribution is 2.25. The summed E-state index contributed by atoms with van der Waals surface area (Å²) in [6.45, 7) is 3.24. The summed E-state index contributed by atoms with van der Waals surface area (Å²) in [6, 6.07) is 0.443. The second kappa shape index (κ2) is 4.73. The van der Waals surface area contributed by atoms with Gasteiger partial charge in [-0.1, -0.05) is 0 Å². The summed E-state index contributed by atoms with van der Waals surface area (Å²) in [5.41, 5.74) is 5.89. The molecule has 2 N–H and O–H groups in total. The van der Waals surface area contributed by atoms with Crippen LogP contribution in [0.5, 0.6) is 0 Å². The van der Waals surface area contributed by atoms with E-state index < -0.39 is 10.8 Å². The molecule has 2 unspecified atom stereocenters. The highest BCUT2D eigenvalue weighted by molar-refractivity contribution is 7.85. The van der Waals surface area contributed by atoms with Gasteiger partial charge in [0.15, 0.2) is 0 Å². The van der Waals surface area contributed by atoms with Crippen LogP contribution in [-0.2, 0) is 10.8 Å². The van der Waals surface area contributed by atoms with Crippen molar-refractivity contribution in [3.63, 3.8) is 0 Å². The molecule has 2 aliphatic rings. The Labute approximate surface area is 88.5 Å². The Morgan fingerprint density at radius 2 is 2.00 bits per heavy atom. The molecule has 0 amide bonds. The van der Waals surface area contributed by atoms with Gasteiger partial charge >= 0.3 is 0 Å². The summed E-state index contributed by atoms with van der Waals surface area (Å²) >= 11 is 0. The molecule has 2 atom stereocenters. The highest BCUT2D eigenvalue weighted by Gasteiger charge is 2.25. The molecule has 14 heavy (non-hydrogen) atoms. The van der Waals surface area contributed by atoms with Gasteiger partial charge in [-0.05, 0) is 25.2 Å². The SMILES string of the molecule is NC1CCC(CN2CCS(=O)CC2)C1. The van der Waals surface area contributed by atoms with E-state index in [4.69, 9.17) is 5.73 Å². The summed E-state index contributed by atoms with van der Waals surface area (Å²) in [7, 11) is -0.537. The average Bonchev–Trinajstić information content (AvgIpc) is 2.56. The Morgan fingerprint density at radius 3 is 2.57 bits per heavy atom. The van der Waals surface area contributed by atoms with Crippen molar-refractivity contribution in [2.75, 3.05) is 31.1 Å². The van der Waals surface area contributed by atoms with Crippen molar-refractivity contribution < 1.29 is 4.21 Å². The van der Waals surface area contributed by atoms with E-state index in [1.807, 2.05) is 0 Å². The zero-order chi connectivity index (χ0) is 9.97. The lowest BCUT2D eigenvalue weighted by Crippen LogP contribution is -2.40. The van der Waals surface area contributed by atoms with Gasteiger partial charge in [0.25, 0.3) is 0 Å². The number of rotatable bonds is 2. The summed E-state index contributed by atoms with van der Waals surface area (Å²) in [5.74, 6) is 2.55. The van der Waals surface area contributed by atoms with Gasteiger partial charge < -0.3 is 10.6 Å². The fourth-order valence-electron chi connectivity index (χ4n) is 2.50. The van der Waals surface area contributed by atoms with Gasteiger partial charge in [0, 0.05) is 48.0 Å². The summed E-state index contributed by atoms with van der Waals surface area (Å²) in [5, 5.41) is 0. The standard InChI is InChI=1S/C10H20N2OS/c11-10-2-1-9(7-10)8-12-3-5-14(13)6-4-12/h9-10H,1-8,11H2. The van der Waals surface area contributed by atoms with Crippen molar-refractivity contribution in [3.8, 4) is 0 Å². The lowest BCUT2D eigenvalue weighted by atomic mass is 10.1. The number of nitrogens with two attached hydrogens (primary N) is 1. The lowest BCUT2D eigenvalue weighted by Gasteiger charge is -2.28. The summed E-state index contributed by atoms with van der Waals surface area (Å²) in [4.78, 5) is 2.46. The third-order valence-electron chi connectivity index (χ3n) is 3.37. The van der Waals surface area contributed by atoms with E-state index in [-0.39, 0.29) is 0 Å². The van der Waals surface area contributed by atoms with E-state index in [0.717, 1.165) is 30.5 Å². The molecule has 82 valence electrons. The van der Waals surface area contributed by atoms with Crippen LogP contribution in [0.3, 0.4) is 0 Å². The van der Waals surface area contributed by atoms with Crippen molar-refractivity contribution in [2.45, 2.75) is 25.3 Å². The first-order chi connectivity index (χ1) is 6.74. The molecule has 1 saturated heterocycles. The second-order valence-corrected chi connectivity index (χ2v) is 6.28. The first-order valence-electron chi connectivity index (χ1n) is 5.57. The van der Waals surface area contributed by atoms with E-state index in [1.165, 1.54) is 25.8 Å². The van der Waals surface area contributed by atoms with Crippen LogP contribution in [-0.4, -0.2) is 46.3 Å². The van der Waals surface area contributed by atoms with Crippen molar-refractivity contribution >= 4 is 10.8 Å². The molecule has 1 heterocycles. The van der Waals surface area contributed by atoms with Gasteiger partial charge in [-0.3, -0.25) is 4.21 Å². The van der Waals surface area contributed by atoms with Crippen LogP contribution >= 0.6 is 0 Å². The smallest absolute Gasteiger partial charge is 0.0363 e. The zero-order valence-corrected chi connectivity index (χ0v) is 9.47. The Balaban J connectivity index is 1.72. The fourth-order valence-corrected chi connectivity index (χ4v) is 3.63. The number of nitrogens with zero attached hydrogens (tertiary/aromatic N) is 1. The predicted octanol–water partition coefficient (Wildman–Crippen LogP) is 0.178. The Kier molecular flexibility index (Phi) is 3.57. The topological polar surface area (TPSA) is 46.3 Å². The molecule has 3 nitrogen and oxygen atoms in total. The Morgan fingerprint density at radius 1 is 1.29 bits per heavy atom. The quantitative estimate of drug-likeness (QED) is 0.716. The molecule has 0 bridgehead atoms. The van der Waals surface area contributed by atoms with E-state index in [0.29, 0.717) is 6.04 Å². The van der Waals surface area contributed by atoms with Gasteiger partial charge in [-0.2, -0.15) is 0 Å². The van der Waals surface area contributed by atoms with E-state index in [9.17, 15) is 4.21 Å². The maximum absolute atomic E-state index is 11.2. The molecule has 0 aromatic carbocycles. The maximum atomic E-state index is 11.2. The molecule has 0 aromatic heterocycles. The van der Waals surface area contributed by atoms with E-state index in [1.54, 1.807) is 0 Å². The van der Waals surface area contributed by atoms with Gasteiger partial charge in [-0.25, -0.2) is 0 Å². The van der Waals surface area contributed by atoms with E-state index in [2.05, 4.69) is 4.90 Å². The van der Waals surface area contributed by atoms with Gasteiger partial charge in [-0.15, -0.1) is 0 Å². The van der Waals surface area contributed by atoms with Gasteiger partial charge in [0.05, 0.1) is 0 Å². The number of hydrogen-bond acceptors (Lipinski definition) is 3. The molecule has 0 aromatic rings. The summed E-state index contributed by atoms with van der Waals surface area (Å²) < 4.78 is 11.2. The molecule has 1 aliphatic carbocycles. The van der Waals surface area contributed by atoms with Crippen LogP contribution in [0.4, 0.5) is 0 Å². The van der Waals surface area contributed by atoms with Crippen molar-refractivity contribution in [1.29, 1.82) is 0 Å². The monoisotopic (exact) mass is 216 g/mol. The van der Waals surface area contributed by atoms with Gasteiger partial charge in [0.2, 0.25) is 0 Å². The molecule has 4 heteroatoms. The van der Waals surface area contributed by atoms with Crippen LogP contribution in [0.2, 0.25) is 0 Å². The normalized spacial score (nSPS) is 36.4. The van der Waals surface area contributed by atoms with Crippen LogP contribution in [0, 0.1) is 5.92 Å². The van der Waals surface area contributed by atoms with Crippen LogP contribution in [0.15, 0.2) is 0 Å². The summed E-state index contributed by atoms with van der Waals surface area (Å²) in [6.07, 6.45) is 3.69.